The molecule has 1 aromatic heterocycles. The van der Waals surface area contributed by atoms with Crippen LogP contribution in [0.3, 0.4) is 0 Å². The standard InChI is InChI=1S/C32H48N4O3S2/c1-6-8-9-10-11-12-13-14-15-16-18-36-31(38)28(41-32(36)40)19-26-25(5)27(20-33)30(37)35(17-7-2)29(26)34-21-23(3)39-24(4)22-34/h19,23-24H,6-18,21-22H2,1-5H3. The van der Waals surface area contributed by atoms with Gasteiger partial charge in [-0.25, -0.2) is 0 Å². The number of aromatic nitrogens is 1. The Kier molecular flexibility index (Phi) is 13.4. The first-order valence-electron chi connectivity index (χ1n) is 15.6. The van der Waals surface area contributed by atoms with Crippen LogP contribution in [0.2, 0.25) is 0 Å². The lowest BCUT2D eigenvalue weighted by Gasteiger charge is -2.39. The smallest absolute Gasteiger partial charge is 0.270 e. The van der Waals surface area contributed by atoms with Crippen molar-refractivity contribution in [1.82, 2.24) is 9.47 Å². The molecular weight excluding hydrogens is 553 g/mol. The summed E-state index contributed by atoms with van der Waals surface area (Å²) in [5, 5.41) is 9.90. The number of thiocarbonyl (C=S) groups is 1. The molecule has 9 heteroatoms. The van der Waals surface area contributed by atoms with Gasteiger partial charge in [-0.1, -0.05) is 95.6 Å². The third-order valence-corrected chi connectivity index (χ3v) is 9.27. The molecule has 3 rings (SSSR count). The highest BCUT2D eigenvalue weighted by Gasteiger charge is 2.34. The van der Waals surface area contributed by atoms with Crippen LogP contribution < -0.4 is 10.5 Å². The van der Waals surface area contributed by atoms with E-state index in [0.717, 1.165) is 30.6 Å². The molecule has 41 heavy (non-hydrogen) atoms. The van der Waals surface area contributed by atoms with E-state index >= 15 is 0 Å². The van der Waals surface area contributed by atoms with Gasteiger partial charge in [0.1, 0.15) is 21.8 Å². The van der Waals surface area contributed by atoms with Crippen molar-refractivity contribution in [2.45, 2.75) is 124 Å². The second-order valence-electron chi connectivity index (χ2n) is 11.5. The summed E-state index contributed by atoms with van der Waals surface area (Å²) in [4.78, 5) is 31.4. The number of amides is 1. The number of anilines is 1. The molecule has 2 aliphatic heterocycles. The van der Waals surface area contributed by atoms with Gasteiger partial charge in [0.05, 0.1) is 17.1 Å². The zero-order valence-corrected chi connectivity index (χ0v) is 27.3. The third kappa shape index (κ3) is 8.68. The lowest BCUT2D eigenvalue weighted by Crippen LogP contribution is -2.48. The Morgan fingerprint density at radius 1 is 0.951 bits per heavy atom. The average Bonchev–Trinajstić information content (AvgIpc) is 3.19. The largest absolute Gasteiger partial charge is 0.372 e. The van der Waals surface area contributed by atoms with Crippen LogP contribution in [0.15, 0.2) is 9.70 Å². The molecule has 0 aliphatic carbocycles. The van der Waals surface area contributed by atoms with Crippen LogP contribution in [0, 0.1) is 18.3 Å². The number of hydrogen-bond donors (Lipinski definition) is 0. The second kappa shape index (κ2) is 16.5. The van der Waals surface area contributed by atoms with Crippen LogP contribution in [0.5, 0.6) is 0 Å². The summed E-state index contributed by atoms with van der Waals surface area (Å²) in [6.07, 6.45) is 15.0. The molecule has 7 nitrogen and oxygen atoms in total. The number of rotatable bonds is 15. The minimum Gasteiger partial charge on any atom is -0.372 e. The first-order valence-corrected chi connectivity index (χ1v) is 16.8. The van der Waals surface area contributed by atoms with Crippen LogP contribution >= 0.6 is 24.0 Å². The predicted molar refractivity (Wildman–Crippen MR) is 174 cm³/mol. The maximum Gasteiger partial charge on any atom is 0.270 e. The molecule has 0 N–H and O–H groups in total. The maximum absolute atomic E-state index is 13.5. The van der Waals surface area contributed by atoms with Crippen molar-refractivity contribution in [3.05, 3.63) is 31.9 Å². The molecule has 0 aromatic carbocycles. The van der Waals surface area contributed by atoms with E-state index in [9.17, 15) is 14.9 Å². The van der Waals surface area contributed by atoms with Gasteiger partial charge in [0.25, 0.3) is 11.5 Å². The SMILES string of the molecule is CCCCCCCCCCCCN1C(=O)C(=Cc2c(C)c(C#N)c(=O)n(CCC)c2N2CC(C)OC(C)C2)SC1=S. The van der Waals surface area contributed by atoms with Crippen molar-refractivity contribution in [2.24, 2.45) is 0 Å². The Bertz CT molecular complexity index is 1190. The number of nitriles is 1. The van der Waals surface area contributed by atoms with Crippen LogP contribution in [0.1, 0.15) is 115 Å². The molecule has 3 heterocycles. The third-order valence-electron chi connectivity index (χ3n) is 7.90. The van der Waals surface area contributed by atoms with Gasteiger partial charge in [0.2, 0.25) is 0 Å². The Hall–Kier alpha value is -2.15. The molecule has 2 unspecified atom stereocenters. The molecule has 2 atom stereocenters. The van der Waals surface area contributed by atoms with Crippen molar-refractivity contribution in [3.8, 4) is 6.07 Å². The van der Waals surface area contributed by atoms with E-state index in [0.29, 0.717) is 41.0 Å². The minimum atomic E-state index is -0.278. The van der Waals surface area contributed by atoms with Crippen LogP contribution in [0.4, 0.5) is 5.82 Å². The van der Waals surface area contributed by atoms with Gasteiger partial charge in [-0.15, -0.1) is 0 Å². The van der Waals surface area contributed by atoms with E-state index in [1.54, 1.807) is 9.47 Å². The van der Waals surface area contributed by atoms with Crippen molar-refractivity contribution >= 4 is 46.1 Å². The molecule has 0 bridgehead atoms. The van der Waals surface area contributed by atoms with E-state index in [1.807, 2.05) is 33.8 Å². The first kappa shape index (κ1) is 33.4. The van der Waals surface area contributed by atoms with Crippen LogP contribution in [0.25, 0.3) is 6.08 Å². The van der Waals surface area contributed by atoms with Gasteiger partial charge >= 0.3 is 0 Å². The number of ether oxygens (including phenoxy) is 1. The van der Waals surface area contributed by atoms with Crippen LogP contribution in [-0.4, -0.2) is 51.5 Å². The summed E-state index contributed by atoms with van der Waals surface area (Å²) >= 11 is 6.95. The van der Waals surface area contributed by atoms with Crippen molar-refractivity contribution in [2.75, 3.05) is 24.5 Å². The normalized spacial score (nSPS) is 20.3. The lowest BCUT2D eigenvalue weighted by atomic mass is 10.0. The maximum atomic E-state index is 13.5. The van der Waals surface area contributed by atoms with Gasteiger partial charge < -0.3 is 9.64 Å². The van der Waals surface area contributed by atoms with Gasteiger partial charge in [0.15, 0.2) is 0 Å². The van der Waals surface area contributed by atoms with Gasteiger partial charge in [0, 0.05) is 31.7 Å². The fourth-order valence-corrected chi connectivity index (χ4v) is 7.14. The molecule has 226 valence electrons. The zero-order valence-electron chi connectivity index (χ0n) is 25.7. The number of thioether (sulfide) groups is 1. The molecular formula is C32H48N4O3S2. The molecule has 0 saturated carbocycles. The van der Waals surface area contributed by atoms with Crippen molar-refractivity contribution in [1.29, 1.82) is 5.26 Å². The van der Waals surface area contributed by atoms with E-state index in [2.05, 4.69) is 17.9 Å². The van der Waals surface area contributed by atoms with E-state index < -0.39 is 0 Å². The summed E-state index contributed by atoms with van der Waals surface area (Å²) in [5.74, 6) is 0.673. The molecule has 1 aromatic rings. The average molecular weight is 601 g/mol. The number of nitrogens with zero attached hydrogens (tertiary/aromatic N) is 4. The number of hydrogen-bond acceptors (Lipinski definition) is 7. The highest BCUT2D eigenvalue weighted by Crippen LogP contribution is 2.36. The first-order chi connectivity index (χ1) is 19.7. The summed E-state index contributed by atoms with van der Waals surface area (Å²) in [6.45, 7) is 12.5. The fraction of sp³-hybridized carbons (Fsp3) is 0.688. The van der Waals surface area contributed by atoms with Gasteiger partial charge in [-0.2, -0.15) is 5.26 Å². The number of morpholine rings is 1. The number of carbonyl (C=O) groups excluding carboxylic acids is 1. The molecule has 2 saturated heterocycles. The number of carbonyl (C=O) groups is 1. The highest BCUT2D eigenvalue weighted by atomic mass is 32.2. The Labute approximate surface area is 256 Å². The van der Waals surface area contributed by atoms with Crippen molar-refractivity contribution in [3.63, 3.8) is 0 Å². The van der Waals surface area contributed by atoms with E-state index in [4.69, 9.17) is 17.0 Å². The lowest BCUT2D eigenvalue weighted by molar-refractivity contribution is -0.122. The topological polar surface area (TPSA) is 78.6 Å². The quantitative estimate of drug-likeness (QED) is 0.120. The van der Waals surface area contributed by atoms with E-state index in [1.165, 1.54) is 63.1 Å². The highest BCUT2D eigenvalue weighted by molar-refractivity contribution is 8.26. The van der Waals surface area contributed by atoms with Crippen LogP contribution in [-0.2, 0) is 16.1 Å². The second-order valence-corrected chi connectivity index (χ2v) is 13.2. The molecule has 1 amide bonds. The molecule has 2 fully saturated rings. The summed E-state index contributed by atoms with van der Waals surface area (Å²) in [6, 6.07) is 2.13. The van der Waals surface area contributed by atoms with Gasteiger partial charge in [-0.3, -0.25) is 19.1 Å². The Balaban J connectivity index is 1.79. The van der Waals surface area contributed by atoms with E-state index in [-0.39, 0.29) is 29.2 Å². The number of unbranched alkanes of at least 4 members (excludes halogenated alkanes) is 9. The summed E-state index contributed by atoms with van der Waals surface area (Å²) in [5.41, 5.74) is 1.20. The number of pyridine rings is 1. The Morgan fingerprint density at radius 3 is 2.10 bits per heavy atom. The predicted octanol–water partition coefficient (Wildman–Crippen LogP) is 7.17. The molecule has 0 spiro atoms. The summed E-state index contributed by atoms with van der Waals surface area (Å²) in [7, 11) is 0. The monoisotopic (exact) mass is 600 g/mol. The van der Waals surface area contributed by atoms with Crippen molar-refractivity contribution < 1.29 is 9.53 Å². The van der Waals surface area contributed by atoms with Gasteiger partial charge in [-0.05, 0) is 45.3 Å². The minimum absolute atomic E-state index is 0.00741. The zero-order chi connectivity index (χ0) is 29.9. The Morgan fingerprint density at radius 2 is 1.54 bits per heavy atom. The fourth-order valence-electron chi connectivity index (χ4n) is 5.85. The molecule has 2 aliphatic rings. The summed E-state index contributed by atoms with van der Waals surface area (Å²) < 4.78 is 8.26. The molecule has 0 radical (unpaired) electrons.